The van der Waals surface area contributed by atoms with Crippen molar-refractivity contribution in [1.82, 2.24) is 0 Å². The van der Waals surface area contributed by atoms with Crippen LogP contribution in [-0.4, -0.2) is 5.97 Å². The number of hydrogen-bond acceptors (Lipinski definition) is 2. The van der Waals surface area contributed by atoms with Crippen molar-refractivity contribution in [2.75, 3.05) is 0 Å². The summed E-state index contributed by atoms with van der Waals surface area (Å²) >= 11 is 5.71. The number of hydrogen-bond donors (Lipinski definition) is 0. The van der Waals surface area contributed by atoms with Gasteiger partial charge in [-0.15, -0.1) is 0 Å². The zero-order valence-corrected chi connectivity index (χ0v) is 13.2. The second-order valence-corrected chi connectivity index (χ2v) is 5.49. The van der Waals surface area contributed by atoms with Crippen LogP contribution >= 0.6 is 11.6 Å². The van der Waals surface area contributed by atoms with Crippen LogP contribution in [0.5, 0.6) is 5.75 Å². The van der Waals surface area contributed by atoms with E-state index in [1.54, 1.807) is 0 Å². The van der Waals surface area contributed by atoms with Crippen molar-refractivity contribution >= 4 is 17.6 Å². The maximum absolute atomic E-state index is 13.0. The number of halogens is 7. The van der Waals surface area contributed by atoms with E-state index < -0.39 is 35.0 Å². The maximum atomic E-state index is 13.0. The summed E-state index contributed by atoms with van der Waals surface area (Å²) < 4.78 is 82.1. The van der Waals surface area contributed by atoms with Crippen molar-refractivity contribution in [3.63, 3.8) is 0 Å². The van der Waals surface area contributed by atoms with Crippen molar-refractivity contribution in [3.8, 4) is 5.75 Å². The SMILES string of the molecule is Cc1cc(Cl)ccc1OC(=O)c1cc(C(F)(F)F)ccc1C(F)(F)F. The Labute approximate surface area is 143 Å². The molecule has 0 aliphatic carbocycles. The molecule has 0 N–H and O–H groups in total. The average molecular weight is 383 g/mol. The summed E-state index contributed by atoms with van der Waals surface area (Å²) in [6.07, 6.45) is -9.93. The molecule has 0 saturated heterocycles. The fraction of sp³-hybridized carbons (Fsp3) is 0.188. The Bertz CT molecular complexity index is 811. The average Bonchev–Trinajstić information content (AvgIpc) is 2.47. The molecule has 0 spiro atoms. The number of benzene rings is 2. The van der Waals surface area contributed by atoms with Crippen LogP contribution in [0.3, 0.4) is 0 Å². The number of ether oxygens (including phenoxy) is 1. The van der Waals surface area contributed by atoms with Gasteiger partial charge in [0.15, 0.2) is 0 Å². The number of carbonyl (C=O) groups is 1. The predicted molar refractivity (Wildman–Crippen MR) is 77.6 cm³/mol. The zero-order chi connectivity index (χ0) is 19.0. The van der Waals surface area contributed by atoms with E-state index in [9.17, 15) is 31.1 Å². The van der Waals surface area contributed by atoms with Crippen LogP contribution in [0.1, 0.15) is 27.0 Å². The highest BCUT2D eigenvalue weighted by atomic mass is 35.5. The Hall–Kier alpha value is -2.22. The van der Waals surface area contributed by atoms with Crippen molar-refractivity contribution < 1.29 is 35.9 Å². The highest BCUT2D eigenvalue weighted by molar-refractivity contribution is 6.30. The third-order valence-electron chi connectivity index (χ3n) is 3.21. The minimum Gasteiger partial charge on any atom is -0.423 e. The summed E-state index contributed by atoms with van der Waals surface area (Å²) in [7, 11) is 0. The molecule has 0 aromatic heterocycles. The summed E-state index contributed by atoms with van der Waals surface area (Å²) in [5.74, 6) is -1.66. The molecule has 0 fully saturated rings. The van der Waals surface area contributed by atoms with E-state index in [1.165, 1.54) is 25.1 Å². The second kappa shape index (κ2) is 6.59. The summed E-state index contributed by atoms with van der Waals surface area (Å²) in [6.45, 7) is 1.48. The minimum absolute atomic E-state index is 0.111. The molecule has 134 valence electrons. The topological polar surface area (TPSA) is 26.3 Å². The summed E-state index contributed by atoms with van der Waals surface area (Å²) in [4.78, 5) is 12.1. The van der Waals surface area contributed by atoms with Crippen LogP contribution in [0.25, 0.3) is 0 Å². The zero-order valence-electron chi connectivity index (χ0n) is 12.4. The van der Waals surface area contributed by atoms with E-state index in [0.29, 0.717) is 10.6 Å². The molecule has 0 amide bonds. The molecule has 0 saturated carbocycles. The van der Waals surface area contributed by atoms with Crippen LogP contribution < -0.4 is 4.74 Å². The molecule has 25 heavy (non-hydrogen) atoms. The largest absolute Gasteiger partial charge is 0.423 e. The number of carbonyl (C=O) groups excluding carboxylic acids is 1. The molecule has 9 heteroatoms. The molecule has 0 bridgehead atoms. The molecule has 2 aromatic carbocycles. The normalized spacial score (nSPS) is 12.2. The summed E-state index contributed by atoms with van der Waals surface area (Å²) in [6, 6.07) is 4.53. The molecule has 0 aliphatic heterocycles. The molecule has 0 heterocycles. The second-order valence-electron chi connectivity index (χ2n) is 5.06. The van der Waals surface area contributed by atoms with Crippen LogP contribution in [-0.2, 0) is 12.4 Å². The first-order valence-electron chi connectivity index (χ1n) is 6.66. The van der Waals surface area contributed by atoms with Gasteiger partial charge in [-0.2, -0.15) is 26.3 Å². The minimum atomic E-state index is -5.02. The van der Waals surface area contributed by atoms with Gasteiger partial charge in [-0.25, -0.2) is 4.79 Å². The number of esters is 1. The molecular weight excluding hydrogens is 374 g/mol. The third kappa shape index (κ3) is 4.45. The fourth-order valence-corrected chi connectivity index (χ4v) is 2.25. The molecule has 0 radical (unpaired) electrons. The van der Waals surface area contributed by atoms with Gasteiger partial charge in [-0.05, 0) is 48.9 Å². The van der Waals surface area contributed by atoms with Crippen molar-refractivity contribution in [2.45, 2.75) is 19.3 Å². The molecule has 0 atom stereocenters. The highest BCUT2D eigenvalue weighted by Crippen LogP contribution is 2.37. The van der Waals surface area contributed by atoms with E-state index >= 15 is 0 Å². The van der Waals surface area contributed by atoms with E-state index in [1.807, 2.05) is 0 Å². The van der Waals surface area contributed by atoms with E-state index in [-0.39, 0.29) is 23.9 Å². The van der Waals surface area contributed by atoms with Crippen molar-refractivity contribution in [3.05, 3.63) is 63.7 Å². The Balaban J connectivity index is 2.49. The lowest BCUT2D eigenvalue weighted by atomic mass is 10.0. The summed E-state index contributed by atoms with van der Waals surface area (Å²) in [5, 5.41) is 0.298. The van der Waals surface area contributed by atoms with Crippen LogP contribution in [0, 0.1) is 6.92 Å². The number of rotatable bonds is 2. The van der Waals surface area contributed by atoms with Gasteiger partial charge in [0.25, 0.3) is 0 Å². The van der Waals surface area contributed by atoms with Gasteiger partial charge < -0.3 is 4.74 Å². The lowest BCUT2D eigenvalue weighted by Crippen LogP contribution is -2.19. The van der Waals surface area contributed by atoms with Crippen LogP contribution in [0.2, 0.25) is 5.02 Å². The summed E-state index contributed by atoms with van der Waals surface area (Å²) in [5.41, 5.74) is -3.80. The quantitative estimate of drug-likeness (QED) is 0.367. The van der Waals surface area contributed by atoms with Crippen molar-refractivity contribution in [1.29, 1.82) is 0 Å². The monoisotopic (exact) mass is 382 g/mol. The fourth-order valence-electron chi connectivity index (χ4n) is 2.02. The van der Waals surface area contributed by atoms with Gasteiger partial charge in [0.2, 0.25) is 0 Å². The molecule has 0 unspecified atom stereocenters. The lowest BCUT2D eigenvalue weighted by Gasteiger charge is -2.15. The number of aryl methyl sites for hydroxylation is 1. The predicted octanol–water partition coefficient (Wildman–Crippen LogP) is 5.91. The van der Waals surface area contributed by atoms with E-state index in [0.717, 1.165) is 0 Å². The molecule has 2 rings (SSSR count). The molecule has 2 aromatic rings. The Morgan fingerprint density at radius 1 is 0.960 bits per heavy atom. The first kappa shape index (κ1) is 19.1. The van der Waals surface area contributed by atoms with Gasteiger partial charge in [0.1, 0.15) is 5.75 Å². The standard InChI is InChI=1S/C16H9ClF6O2/c1-8-6-10(17)3-5-13(8)25-14(24)11-7-9(15(18,19)20)2-4-12(11)16(21,22)23/h2-7H,1H3. The number of alkyl halides is 6. The van der Waals surface area contributed by atoms with Gasteiger partial charge in [-0.3, -0.25) is 0 Å². The van der Waals surface area contributed by atoms with Crippen molar-refractivity contribution in [2.24, 2.45) is 0 Å². The van der Waals surface area contributed by atoms with Crippen LogP contribution in [0.15, 0.2) is 36.4 Å². The molecule has 0 aliphatic rings. The Morgan fingerprint density at radius 3 is 2.12 bits per heavy atom. The van der Waals surface area contributed by atoms with Gasteiger partial charge >= 0.3 is 18.3 Å². The molecule has 2 nitrogen and oxygen atoms in total. The first-order chi connectivity index (χ1) is 11.4. The van der Waals surface area contributed by atoms with E-state index in [2.05, 4.69) is 0 Å². The van der Waals surface area contributed by atoms with Gasteiger partial charge in [-0.1, -0.05) is 11.6 Å². The van der Waals surface area contributed by atoms with Crippen LogP contribution in [0.4, 0.5) is 26.3 Å². The third-order valence-corrected chi connectivity index (χ3v) is 3.45. The Kier molecular flexibility index (Phi) is 5.04. The Morgan fingerprint density at radius 2 is 1.60 bits per heavy atom. The van der Waals surface area contributed by atoms with Gasteiger partial charge in [0.05, 0.1) is 16.7 Å². The van der Waals surface area contributed by atoms with Gasteiger partial charge in [0, 0.05) is 5.02 Å². The maximum Gasteiger partial charge on any atom is 0.417 e. The highest BCUT2D eigenvalue weighted by Gasteiger charge is 2.39. The van der Waals surface area contributed by atoms with E-state index in [4.69, 9.17) is 16.3 Å². The first-order valence-corrected chi connectivity index (χ1v) is 7.04. The molecular formula is C16H9ClF6O2. The smallest absolute Gasteiger partial charge is 0.417 e. The lowest BCUT2D eigenvalue weighted by molar-refractivity contribution is -0.141.